The van der Waals surface area contributed by atoms with Crippen molar-refractivity contribution in [3.63, 3.8) is 0 Å². The first kappa shape index (κ1) is 16.4. The lowest BCUT2D eigenvalue weighted by atomic mass is 10.0. The van der Waals surface area contributed by atoms with Crippen LogP contribution in [-0.2, 0) is 6.54 Å². The Morgan fingerprint density at radius 3 is 3.04 bits per heavy atom. The lowest BCUT2D eigenvalue weighted by Crippen LogP contribution is -2.31. The minimum atomic E-state index is -2.61. The van der Waals surface area contributed by atoms with Crippen LogP contribution in [0.2, 0.25) is 0 Å². The normalized spacial score (nSPS) is 17.1. The molecule has 128 valence electrons. The van der Waals surface area contributed by atoms with Gasteiger partial charge >= 0.3 is 0 Å². The van der Waals surface area contributed by atoms with E-state index in [0.717, 1.165) is 4.68 Å². The average Bonchev–Trinajstić information content (AvgIpc) is 2.89. The maximum absolute atomic E-state index is 13.4. The molecule has 3 rings (SSSR count). The van der Waals surface area contributed by atoms with Crippen LogP contribution in [0, 0.1) is 5.82 Å². The van der Waals surface area contributed by atoms with Crippen molar-refractivity contribution in [1.29, 1.82) is 0 Å². The third-order valence-electron chi connectivity index (χ3n) is 3.81. The Morgan fingerprint density at radius 1 is 1.42 bits per heavy atom. The number of fused-ring (bicyclic) bond motifs is 1. The van der Waals surface area contributed by atoms with Gasteiger partial charge in [0.15, 0.2) is 0 Å². The van der Waals surface area contributed by atoms with Crippen LogP contribution >= 0.6 is 0 Å². The molecule has 0 radical (unpaired) electrons. The van der Waals surface area contributed by atoms with Crippen LogP contribution in [-0.4, -0.2) is 28.7 Å². The SMILES string of the molecule is O=C(N[C@H]1CCCOc2cc(F)ccc21)c1ccnn1CC(F)F. The highest BCUT2D eigenvalue weighted by Crippen LogP contribution is 2.32. The maximum Gasteiger partial charge on any atom is 0.270 e. The number of ether oxygens (including phenoxy) is 1. The Morgan fingerprint density at radius 2 is 2.25 bits per heavy atom. The summed E-state index contributed by atoms with van der Waals surface area (Å²) >= 11 is 0. The van der Waals surface area contributed by atoms with Gasteiger partial charge in [-0.25, -0.2) is 13.2 Å². The molecule has 1 amide bonds. The molecule has 0 unspecified atom stereocenters. The van der Waals surface area contributed by atoms with Gasteiger partial charge in [0.05, 0.1) is 12.6 Å². The van der Waals surface area contributed by atoms with Gasteiger partial charge in [-0.3, -0.25) is 9.48 Å². The zero-order chi connectivity index (χ0) is 17.1. The lowest BCUT2D eigenvalue weighted by Gasteiger charge is -2.18. The van der Waals surface area contributed by atoms with Crippen LogP contribution in [0.15, 0.2) is 30.5 Å². The molecule has 1 aromatic carbocycles. The number of halogens is 3. The van der Waals surface area contributed by atoms with Crippen LogP contribution in [0.5, 0.6) is 5.75 Å². The Bertz CT molecular complexity index is 733. The fourth-order valence-corrected chi connectivity index (χ4v) is 2.73. The first-order valence-corrected chi connectivity index (χ1v) is 7.57. The van der Waals surface area contributed by atoms with Gasteiger partial charge in [0.2, 0.25) is 0 Å². The second-order valence-corrected chi connectivity index (χ2v) is 5.49. The molecule has 1 aliphatic rings. The first-order chi connectivity index (χ1) is 11.5. The summed E-state index contributed by atoms with van der Waals surface area (Å²) in [6.07, 6.45) is -0.0201. The Kier molecular flexibility index (Phi) is 4.73. The summed E-state index contributed by atoms with van der Waals surface area (Å²) in [7, 11) is 0. The highest BCUT2D eigenvalue weighted by Gasteiger charge is 2.24. The van der Waals surface area contributed by atoms with Crippen molar-refractivity contribution in [2.24, 2.45) is 0 Å². The number of rotatable bonds is 4. The van der Waals surface area contributed by atoms with E-state index in [4.69, 9.17) is 4.74 Å². The number of aromatic nitrogens is 2. The zero-order valence-electron chi connectivity index (χ0n) is 12.7. The third-order valence-corrected chi connectivity index (χ3v) is 3.81. The number of hydrogen-bond donors (Lipinski definition) is 1. The van der Waals surface area contributed by atoms with Crippen molar-refractivity contribution in [2.75, 3.05) is 6.61 Å². The van der Waals surface area contributed by atoms with Crippen molar-refractivity contribution in [3.05, 3.63) is 47.5 Å². The van der Waals surface area contributed by atoms with Gasteiger partial charge in [-0.15, -0.1) is 0 Å². The van der Waals surface area contributed by atoms with E-state index in [2.05, 4.69) is 10.4 Å². The fourth-order valence-electron chi connectivity index (χ4n) is 2.73. The van der Waals surface area contributed by atoms with Crippen LogP contribution in [0.4, 0.5) is 13.2 Å². The second kappa shape index (κ2) is 6.94. The Labute approximate surface area is 136 Å². The molecule has 1 aromatic heterocycles. The van der Waals surface area contributed by atoms with E-state index >= 15 is 0 Å². The number of alkyl halides is 2. The molecular formula is C16H16F3N3O2. The van der Waals surface area contributed by atoms with Crippen molar-refractivity contribution >= 4 is 5.91 Å². The largest absolute Gasteiger partial charge is 0.493 e. The molecule has 1 N–H and O–H groups in total. The van der Waals surface area contributed by atoms with E-state index in [-0.39, 0.29) is 11.7 Å². The molecule has 8 heteroatoms. The number of hydrogen-bond acceptors (Lipinski definition) is 3. The highest BCUT2D eigenvalue weighted by molar-refractivity contribution is 5.92. The Hall–Kier alpha value is -2.51. The minimum absolute atomic E-state index is 0.0594. The molecule has 1 atom stereocenters. The number of carbonyl (C=O) groups is 1. The molecule has 1 aliphatic heterocycles. The second-order valence-electron chi connectivity index (χ2n) is 5.49. The summed E-state index contributed by atoms with van der Waals surface area (Å²) in [5.41, 5.74) is 0.728. The molecule has 0 bridgehead atoms. The molecule has 0 spiro atoms. The van der Waals surface area contributed by atoms with Gasteiger partial charge < -0.3 is 10.1 Å². The predicted octanol–water partition coefficient (Wildman–Crippen LogP) is 2.93. The van der Waals surface area contributed by atoms with E-state index in [0.29, 0.717) is 30.8 Å². The topological polar surface area (TPSA) is 56.1 Å². The number of nitrogens with one attached hydrogen (secondary N) is 1. The Balaban J connectivity index is 1.81. The summed E-state index contributed by atoms with van der Waals surface area (Å²) in [5, 5.41) is 6.55. The summed E-state index contributed by atoms with van der Waals surface area (Å²) in [6.45, 7) is -0.225. The van der Waals surface area contributed by atoms with Crippen molar-refractivity contribution in [1.82, 2.24) is 15.1 Å². The number of benzene rings is 1. The summed E-state index contributed by atoms with van der Waals surface area (Å²) in [4.78, 5) is 12.4. The standard InChI is InChI=1S/C16H16F3N3O2/c17-10-3-4-11-12(2-1-7-24-14(11)8-10)21-16(23)13-5-6-20-22(13)9-15(18)19/h3-6,8,12,15H,1-2,7,9H2,(H,21,23)/t12-/m0/s1. The molecule has 0 aliphatic carbocycles. The molecule has 2 aromatic rings. The van der Waals surface area contributed by atoms with E-state index in [9.17, 15) is 18.0 Å². The van der Waals surface area contributed by atoms with Crippen LogP contribution < -0.4 is 10.1 Å². The monoisotopic (exact) mass is 339 g/mol. The average molecular weight is 339 g/mol. The molecular weight excluding hydrogens is 323 g/mol. The van der Waals surface area contributed by atoms with Gasteiger partial charge in [-0.2, -0.15) is 5.10 Å². The lowest BCUT2D eigenvalue weighted by molar-refractivity contribution is 0.0905. The quantitative estimate of drug-likeness (QED) is 0.932. The van der Waals surface area contributed by atoms with E-state index in [1.165, 1.54) is 24.4 Å². The summed E-state index contributed by atoms with van der Waals surface area (Å²) in [5.74, 6) is -0.537. The van der Waals surface area contributed by atoms with Gasteiger partial charge in [0, 0.05) is 17.8 Å². The van der Waals surface area contributed by atoms with E-state index in [1.54, 1.807) is 6.07 Å². The van der Waals surface area contributed by atoms with Gasteiger partial charge in [-0.1, -0.05) is 6.07 Å². The smallest absolute Gasteiger partial charge is 0.270 e. The number of carbonyl (C=O) groups excluding carboxylic acids is 1. The zero-order valence-corrected chi connectivity index (χ0v) is 12.7. The molecule has 24 heavy (non-hydrogen) atoms. The van der Waals surface area contributed by atoms with Crippen molar-refractivity contribution in [3.8, 4) is 5.75 Å². The van der Waals surface area contributed by atoms with Gasteiger partial charge in [0.25, 0.3) is 12.3 Å². The number of amides is 1. The van der Waals surface area contributed by atoms with Crippen LogP contribution in [0.25, 0.3) is 0 Å². The fraction of sp³-hybridized carbons (Fsp3) is 0.375. The third kappa shape index (κ3) is 3.52. The molecule has 2 heterocycles. The van der Waals surface area contributed by atoms with Crippen LogP contribution in [0.3, 0.4) is 0 Å². The van der Waals surface area contributed by atoms with Gasteiger partial charge in [-0.05, 0) is 25.0 Å². The molecule has 0 saturated carbocycles. The van der Waals surface area contributed by atoms with Gasteiger partial charge in [0.1, 0.15) is 23.8 Å². The molecule has 5 nitrogen and oxygen atoms in total. The molecule has 0 fully saturated rings. The minimum Gasteiger partial charge on any atom is -0.493 e. The van der Waals surface area contributed by atoms with E-state index in [1.807, 2.05) is 0 Å². The van der Waals surface area contributed by atoms with E-state index < -0.39 is 24.7 Å². The predicted molar refractivity (Wildman–Crippen MR) is 79.6 cm³/mol. The van der Waals surface area contributed by atoms with Crippen LogP contribution in [0.1, 0.15) is 34.9 Å². The maximum atomic E-state index is 13.4. The molecule has 0 saturated heterocycles. The van der Waals surface area contributed by atoms with Crippen molar-refractivity contribution in [2.45, 2.75) is 31.9 Å². The summed E-state index contributed by atoms with van der Waals surface area (Å²) < 4.78 is 44.9. The van der Waals surface area contributed by atoms with Crippen molar-refractivity contribution < 1.29 is 22.7 Å². The number of nitrogens with zero attached hydrogens (tertiary/aromatic N) is 2. The highest BCUT2D eigenvalue weighted by atomic mass is 19.3. The first-order valence-electron chi connectivity index (χ1n) is 7.57. The summed E-state index contributed by atoms with van der Waals surface area (Å²) in [6, 6.07) is 5.15.